The first-order chi connectivity index (χ1) is 8.29. The quantitative estimate of drug-likeness (QED) is 0.661. The van der Waals surface area contributed by atoms with E-state index in [2.05, 4.69) is 31.1 Å². The highest BCUT2D eigenvalue weighted by molar-refractivity contribution is 4.86. The highest BCUT2D eigenvalue weighted by Gasteiger charge is 2.27. The third kappa shape index (κ3) is 5.36. The van der Waals surface area contributed by atoms with Crippen molar-refractivity contribution in [3.63, 3.8) is 0 Å². The third-order valence-corrected chi connectivity index (χ3v) is 3.66. The molecule has 1 rings (SSSR count). The Balaban J connectivity index is 2.34. The largest absolute Gasteiger partial charge is 0.380 e. The van der Waals surface area contributed by atoms with Crippen LogP contribution in [-0.4, -0.2) is 50.3 Å². The van der Waals surface area contributed by atoms with Crippen molar-refractivity contribution in [1.29, 1.82) is 0 Å². The second-order valence-electron chi connectivity index (χ2n) is 5.18. The van der Waals surface area contributed by atoms with Crippen LogP contribution in [0, 0.1) is 0 Å². The monoisotopic (exact) mass is 242 g/mol. The number of ether oxygens (including phenoxy) is 1. The molecular weight excluding hydrogens is 212 g/mol. The van der Waals surface area contributed by atoms with Crippen molar-refractivity contribution >= 4 is 0 Å². The Labute approximate surface area is 107 Å². The Kier molecular flexibility index (Phi) is 7.82. The predicted octanol–water partition coefficient (Wildman–Crippen LogP) is 2.27. The maximum absolute atomic E-state index is 5.64. The van der Waals surface area contributed by atoms with Crippen LogP contribution in [0.15, 0.2) is 0 Å². The molecule has 0 radical (unpaired) electrons. The molecule has 1 fully saturated rings. The second kappa shape index (κ2) is 8.90. The molecule has 102 valence electrons. The topological polar surface area (TPSA) is 24.5 Å². The van der Waals surface area contributed by atoms with Gasteiger partial charge in [0.2, 0.25) is 0 Å². The van der Waals surface area contributed by atoms with Gasteiger partial charge in [-0.05, 0) is 39.4 Å². The first-order valence-electron chi connectivity index (χ1n) is 7.31. The number of unbranched alkanes of at least 4 members (excludes halogenated alkanes) is 2. The Morgan fingerprint density at radius 1 is 1.24 bits per heavy atom. The number of rotatable bonds is 8. The van der Waals surface area contributed by atoms with Crippen LogP contribution in [0.1, 0.15) is 46.0 Å². The van der Waals surface area contributed by atoms with E-state index in [1.807, 2.05) is 0 Å². The zero-order valence-corrected chi connectivity index (χ0v) is 11.9. The van der Waals surface area contributed by atoms with Gasteiger partial charge in [-0.2, -0.15) is 0 Å². The summed E-state index contributed by atoms with van der Waals surface area (Å²) in [4.78, 5) is 2.49. The Hall–Kier alpha value is -0.120. The van der Waals surface area contributed by atoms with Gasteiger partial charge in [0.05, 0.1) is 6.61 Å². The molecular formula is C14H30N2O. The molecule has 1 N–H and O–H groups in total. The summed E-state index contributed by atoms with van der Waals surface area (Å²) in [6, 6.07) is 1.18. The van der Waals surface area contributed by atoms with Crippen molar-refractivity contribution in [1.82, 2.24) is 10.2 Å². The molecule has 0 aromatic rings. The highest BCUT2D eigenvalue weighted by Crippen LogP contribution is 2.14. The predicted molar refractivity (Wildman–Crippen MR) is 73.5 cm³/mol. The number of hydrogen-bond acceptors (Lipinski definition) is 3. The molecule has 1 heterocycles. The van der Waals surface area contributed by atoms with Crippen LogP contribution in [0.5, 0.6) is 0 Å². The molecule has 0 saturated carbocycles. The minimum Gasteiger partial charge on any atom is -0.380 e. The molecule has 0 aromatic heterocycles. The van der Waals surface area contributed by atoms with Gasteiger partial charge in [-0.15, -0.1) is 0 Å². The van der Waals surface area contributed by atoms with E-state index in [-0.39, 0.29) is 0 Å². The minimum absolute atomic E-state index is 0.562. The van der Waals surface area contributed by atoms with Crippen LogP contribution in [0.25, 0.3) is 0 Å². The fourth-order valence-electron chi connectivity index (χ4n) is 2.50. The SMILES string of the molecule is CCCCCN(C)C1COCCC1NCCC. The standard InChI is InChI=1S/C14H30N2O/c1-4-6-7-10-16(3)14-12-17-11-8-13(14)15-9-5-2/h13-15H,4-12H2,1-3H3. The first-order valence-corrected chi connectivity index (χ1v) is 7.31. The van der Waals surface area contributed by atoms with Gasteiger partial charge in [0.25, 0.3) is 0 Å². The van der Waals surface area contributed by atoms with E-state index in [4.69, 9.17) is 4.74 Å². The van der Waals surface area contributed by atoms with E-state index < -0.39 is 0 Å². The van der Waals surface area contributed by atoms with Gasteiger partial charge in [-0.3, -0.25) is 4.90 Å². The molecule has 0 spiro atoms. The average Bonchev–Trinajstić information content (AvgIpc) is 2.37. The smallest absolute Gasteiger partial charge is 0.0636 e. The van der Waals surface area contributed by atoms with E-state index >= 15 is 0 Å². The molecule has 1 aliphatic heterocycles. The summed E-state index contributed by atoms with van der Waals surface area (Å²) in [5.74, 6) is 0. The van der Waals surface area contributed by atoms with Gasteiger partial charge < -0.3 is 10.1 Å². The van der Waals surface area contributed by atoms with Crippen LogP contribution in [-0.2, 0) is 4.74 Å². The Morgan fingerprint density at radius 2 is 2.06 bits per heavy atom. The van der Waals surface area contributed by atoms with Crippen LogP contribution < -0.4 is 5.32 Å². The normalized spacial score (nSPS) is 25.4. The van der Waals surface area contributed by atoms with Gasteiger partial charge >= 0.3 is 0 Å². The minimum atomic E-state index is 0.562. The van der Waals surface area contributed by atoms with Crippen molar-refractivity contribution in [2.75, 3.05) is 33.4 Å². The van der Waals surface area contributed by atoms with Crippen LogP contribution >= 0.6 is 0 Å². The van der Waals surface area contributed by atoms with Crippen LogP contribution in [0.4, 0.5) is 0 Å². The van der Waals surface area contributed by atoms with E-state index in [9.17, 15) is 0 Å². The number of hydrogen-bond donors (Lipinski definition) is 1. The zero-order chi connectivity index (χ0) is 12.5. The molecule has 0 bridgehead atoms. The van der Waals surface area contributed by atoms with Gasteiger partial charge in [-0.25, -0.2) is 0 Å². The van der Waals surface area contributed by atoms with Crippen molar-refractivity contribution in [2.45, 2.75) is 58.0 Å². The molecule has 1 aliphatic rings. The number of nitrogens with one attached hydrogen (secondary N) is 1. The lowest BCUT2D eigenvalue weighted by Gasteiger charge is -2.38. The van der Waals surface area contributed by atoms with E-state index in [0.717, 1.165) is 26.2 Å². The summed E-state index contributed by atoms with van der Waals surface area (Å²) >= 11 is 0. The summed E-state index contributed by atoms with van der Waals surface area (Å²) in [6.45, 7) is 8.63. The average molecular weight is 242 g/mol. The molecule has 3 nitrogen and oxygen atoms in total. The highest BCUT2D eigenvalue weighted by atomic mass is 16.5. The summed E-state index contributed by atoms with van der Waals surface area (Å²) < 4.78 is 5.64. The van der Waals surface area contributed by atoms with E-state index in [0.29, 0.717) is 12.1 Å². The van der Waals surface area contributed by atoms with Gasteiger partial charge in [0.15, 0.2) is 0 Å². The summed E-state index contributed by atoms with van der Waals surface area (Å²) in [7, 11) is 2.25. The summed E-state index contributed by atoms with van der Waals surface area (Å²) in [5.41, 5.74) is 0. The summed E-state index contributed by atoms with van der Waals surface area (Å²) in [5, 5.41) is 3.67. The van der Waals surface area contributed by atoms with Crippen molar-refractivity contribution in [3.05, 3.63) is 0 Å². The lowest BCUT2D eigenvalue weighted by atomic mass is 10.0. The summed E-state index contributed by atoms with van der Waals surface area (Å²) in [6.07, 6.45) is 6.31. The van der Waals surface area contributed by atoms with E-state index in [1.54, 1.807) is 0 Å². The molecule has 17 heavy (non-hydrogen) atoms. The molecule has 0 aromatic carbocycles. The fourth-order valence-corrected chi connectivity index (χ4v) is 2.50. The Morgan fingerprint density at radius 3 is 2.76 bits per heavy atom. The molecule has 2 unspecified atom stereocenters. The number of nitrogens with zero attached hydrogens (tertiary/aromatic N) is 1. The molecule has 1 saturated heterocycles. The van der Waals surface area contributed by atoms with Crippen LogP contribution in [0.3, 0.4) is 0 Å². The Bertz CT molecular complexity index is 187. The van der Waals surface area contributed by atoms with Crippen molar-refractivity contribution in [3.8, 4) is 0 Å². The fraction of sp³-hybridized carbons (Fsp3) is 1.00. The lowest BCUT2D eigenvalue weighted by Crippen LogP contribution is -2.54. The lowest BCUT2D eigenvalue weighted by molar-refractivity contribution is 0.00571. The molecule has 2 atom stereocenters. The van der Waals surface area contributed by atoms with E-state index in [1.165, 1.54) is 32.2 Å². The third-order valence-electron chi connectivity index (χ3n) is 3.66. The second-order valence-corrected chi connectivity index (χ2v) is 5.18. The molecule has 0 amide bonds. The van der Waals surface area contributed by atoms with Gasteiger partial charge in [-0.1, -0.05) is 26.7 Å². The van der Waals surface area contributed by atoms with Gasteiger partial charge in [0.1, 0.15) is 0 Å². The first kappa shape index (κ1) is 14.9. The van der Waals surface area contributed by atoms with Gasteiger partial charge in [0, 0.05) is 18.7 Å². The molecule has 3 heteroatoms. The zero-order valence-electron chi connectivity index (χ0n) is 11.9. The maximum Gasteiger partial charge on any atom is 0.0636 e. The van der Waals surface area contributed by atoms with Crippen molar-refractivity contribution < 1.29 is 4.74 Å². The van der Waals surface area contributed by atoms with Crippen LogP contribution in [0.2, 0.25) is 0 Å². The maximum atomic E-state index is 5.64. The molecule has 0 aliphatic carbocycles. The van der Waals surface area contributed by atoms with Crippen molar-refractivity contribution in [2.24, 2.45) is 0 Å². The number of likely N-dealkylation sites (N-methyl/N-ethyl adjacent to an activating group) is 1.